The maximum absolute atomic E-state index is 13.4. The molecule has 3 N–H and O–H groups in total. The molecule has 2 unspecified atom stereocenters. The third-order valence-electron chi connectivity index (χ3n) is 6.74. The van der Waals surface area contributed by atoms with Crippen LogP contribution in [0.15, 0.2) is 109 Å². The number of nitrogens with zero attached hydrogens (tertiary/aromatic N) is 1. The van der Waals surface area contributed by atoms with Crippen LogP contribution in [0.1, 0.15) is 32.6 Å². The topological polar surface area (TPSA) is 104 Å². The van der Waals surface area contributed by atoms with Crippen LogP contribution in [0.5, 0.6) is 0 Å². The van der Waals surface area contributed by atoms with Gasteiger partial charge in [0.05, 0.1) is 19.1 Å². The second-order valence-corrected chi connectivity index (χ2v) is 9.63. The van der Waals surface area contributed by atoms with Crippen LogP contribution in [0.2, 0.25) is 0 Å². The zero-order valence-corrected chi connectivity index (χ0v) is 22.6. The van der Waals surface area contributed by atoms with Gasteiger partial charge in [-0.05, 0) is 53.3 Å². The van der Waals surface area contributed by atoms with Gasteiger partial charge in [-0.1, -0.05) is 115 Å². The molecule has 0 saturated carbocycles. The van der Waals surface area contributed by atoms with Gasteiger partial charge in [0.15, 0.2) is 0 Å². The molecule has 0 heterocycles. The second-order valence-electron chi connectivity index (χ2n) is 9.63. The molecule has 1 amide bonds. The van der Waals surface area contributed by atoms with Gasteiger partial charge in [-0.25, -0.2) is 0 Å². The zero-order valence-electron chi connectivity index (χ0n) is 22.6. The number of amidine groups is 1. The fourth-order valence-corrected chi connectivity index (χ4v) is 4.48. The number of carbonyl (C=O) groups excluding carboxylic acids is 2. The number of hydrogen-bond acceptors (Lipinski definition) is 3. The molecule has 4 rings (SSSR count). The lowest BCUT2D eigenvalue weighted by molar-refractivity contribution is -0.145. The number of carbonyl (C=O) groups is 2. The van der Waals surface area contributed by atoms with E-state index in [-0.39, 0.29) is 18.2 Å². The monoisotopic (exact) mass is 530 g/mol. The molecule has 0 aliphatic heterocycles. The summed E-state index contributed by atoms with van der Waals surface area (Å²) in [6, 6.07) is 31.5. The molecular weight excluding hydrogens is 498 g/mol. The fourth-order valence-electron chi connectivity index (χ4n) is 4.48. The van der Waals surface area contributed by atoms with E-state index >= 15 is 0 Å². The van der Waals surface area contributed by atoms with Crippen molar-refractivity contribution >= 4 is 23.8 Å². The minimum Gasteiger partial charge on any atom is -0.494 e. The lowest BCUT2D eigenvalue weighted by Gasteiger charge is -2.24. The SMILES string of the molecule is COC(=O)C(Cc1cccc(C(=[N-])N)c1)C(/C=C/c1ccccc1)NC(=O)c1ccc(-c2ccc(C)cc2)cc1. The number of nitrogens with one attached hydrogen (secondary N) is 1. The minimum absolute atomic E-state index is 0.254. The predicted molar refractivity (Wildman–Crippen MR) is 161 cm³/mol. The Kier molecular flexibility index (Phi) is 9.26. The highest BCUT2D eigenvalue weighted by atomic mass is 16.5. The Bertz CT molecular complexity index is 1490. The van der Waals surface area contributed by atoms with E-state index in [1.165, 1.54) is 12.7 Å². The molecule has 0 aliphatic carbocycles. The van der Waals surface area contributed by atoms with E-state index in [1.54, 1.807) is 30.3 Å². The maximum Gasteiger partial charge on any atom is 0.311 e. The number of hydrogen-bond donors (Lipinski definition) is 2. The van der Waals surface area contributed by atoms with E-state index in [0.29, 0.717) is 11.1 Å². The summed E-state index contributed by atoms with van der Waals surface area (Å²) >= 11 is 0. The normalized spacial score (nSPS) is 12.4. The Labute approximate surface area is 235 Å². The van der Waals surface area contributed by atoms with Crippen molar-refractivity contribution in [3.63, 3.8) is 0 Å². The number of esters is 1. The highest BCUT2D eigenvalue weighted by Crippen LogP contribution is 2.22. The molecule has 40 heavy (non-hydrogen) atoms. The van der Waals surface area contributed by atoms with Crippen LogP contribution in [0.3, 0.4) is 0 Å². The second kappa shape index (κ2) is 13.2. The standard InChI is InChI=1S/C34H32N3O3/c1-23-11-14-26(15-12-23)27-16-18-28(19-17-27)33(38)37-31(20-13-24-7-4-3-5-8-24)30(34(39)40-2)22-25-9-6-10-29(21-25)32(35)36/h3-21,30-31H,22H2,1-2H3,(H3-,35,36,37,38)/q-1/b20-13+. The maximum atomic E-state index is 13.4. The quantitative estimate of drug-likeness (QED) is 0.154. The van der Waals surface area contributed by atoms with Crippen molar-refractivity contribution in [3.05, 3.63) is 142 Å². The lowest BCUT2D eigenvalue weighted by Crippen LogP contribution is -2.43. The van der Waals surface area contributed by atoms with Crippen molar-refractivity contribution in [3.8, 4) is 11.1 Å². The van der Waals surface area contributed by atoms with Gasteiger partial charge in [0.25, 0.3) is 5.91 Å². The van der Waals surface area contributed by atoms with Gasteiger partial charge in [0, 0.05) is 5.56 Å². The molecule has 0 spiro atoms. The molecule has 2 atom stereocenters. The van der Waals surface area contributed by atoms with Crippen molar-refractivity contribution in [1.82, 2.24) is 5.32 Å². The van der Waals surface area contributed by atoms with Gasteiger partial charge in [0.1, 0.15) is 0 Å². The molecule has 4 aromatic carbocycles. The molecule has 0 aromatic heterocycles. The molecule has 6 heteroatoms. The molecule has 0 saturated heterocycles. The van der Waals surface area contributed by atoms with E-state index in [1.807, 2.05) is 79.7 Å². The lowest BCUT2D eigenvalue weighted by atomic mass is 9.90. The number of amides is 1. The molecule has 4 aromatic rings. The highest BCUT2D eigenvalue weighted by Gasteiger charge is 2.29. The van der Waals surface area contributed by atoms with Crippen molar-refractivity contribution in [2.45, 2.75) is 19.4 Å². The number of nitrogens with two attached hydrogens (primary N) is 1. The third-order valence-corrected chi connectivity index (χ3v) is 6.74. The number of benzene rings is 4. The van der Waals surface area contributed by atoms with Crippen LogP contribution in [-0.2, 0) is 16.0 Å². The third kappa shape index (κ3) is 7.32. The largest absolute Gasteiger partial charge is 0.494 e. The molecule has 0 aliphatic rings. The zero-order chi connectivity index (χ0) is 28.5. The summed E-state index contributed by atoms with van der Waals surface area (Å²) < 4.78 is 5.15. The van der Waals surface area contributed by atoms with Crippen LogP contribution in [0, 0.1) is 12.8 Å². The van der Waals surface area contributed by atoms with E-state index in [2.05, 4.69) is 17.4 Å². The van der Waals surface area contributed by atoms with Gasteiger partial charge >= 0.3 is 5.97 Å². The number of methoxy groups -OCH3 is 1. The van der Waals surface area contributed by atoms with Gasteiger partial charge < -0.3 is 21.2 Å². The van der Waals surface area contributed by atoms with E-state index in [0.717, 1.165) is 22.3 Å². The summed E-state index contributed by atoms with van der Waals surface area (Å²) in [5.41, 5.74) is 11.4. The summed E-state index contributed by atoms with van der Waals surface area (Å²) in [6.45, 7) is 2.04. The average Bonchev–Trinajstić information content (AvgIpc) is 2.99. The predicted octanol–water partition coefficient (Wildman–Crippen LogP) is 5.78. The number of ether oxygens (including phenoxy) is 1. The van der Waals surface area contributed by atoms with Gasteiger partial charge in [-0.15, -0.1) is 0 Å². The number of aryl methyl sites for hydroxylation is 1. The van der Waals surface area contributed by atoms with Crippen LogP contribution in [-0.4, -0.2) is 30.9 Å². The summed E-state index contributed by atoms with van der Waals surface area (Å²) in [5.74, 6) is -1.83. The average molecular weight is 531 g/mol. The van der Waals surface area contributed by atoms with Crippen LogP contribution in [0.25, 0.3) is 22.6 Å². The summed E-state index contributed by atoms with van der Waals surface area (Å²) in [6.07, 6.45) is 3.94. The van der Waals surface area contributed by atoms with Gasteiger partial charge in [0.2, 0.25) is 0 Å². The van der Waals surface area contributed by atoms with Crippen LogP contribution < -0.4 is 11.1 Å². The van der Waals surface area contributed by atoms with Gasteiger partial charge in [-0.3, -0.25) is 9.59 Å². The summed E-state index contributed by atoms with van der Waals surface area (Å²) in [5, 5.41) is 12.8. The van der Waals surface area contributed by atoms with Crippen molar-refractivity contribution < 1.29 is 14.3 Å². The molecule has 0 bridgehead atoms. The molecule has 6 nitrogen and oxygen atoms in total. The van der Waals surface area contributed by atoms with Gasteiger partial charge in [-0.2, -0.15) is 0 Å². The molecule has 202 valence electrons. The fraction of sp³-hybridized carbons (Fsp3) is 0.147. The molecule has 0 radical (unpaired) electrons. The first-order valence-electron chi connectivity index (χ1n) is 13.0. The molecule has 0 fully saturated rings. The summed E-state index contributed by atoms with van der Waals surface area (Å²) in [7, 11) is 1.33. The number of rotatable bonds is 10. The first-order valence-corrected chi connectivity index (χ1v) is 13.0. The Morgan fingerprint density at radius 1 is 0.875 bits per heavy atom. The van der Waals surface area contributed by atoms with Crippen LogP contribution in [0.4, 0.5) is 0 Å². The first kappa shape index (κ1) is 28.0. The first-order chi connectivity index (χ1) is 19.3. The van der Waals surface area contributed by atoms with Crippen molar-refractivity contribution in [2.24, 2.45) is 11.7 Å². The van der Waals surface area contributed by atoms with Crippen LogP contribution >= 0.6 is 0 Å². The Morgan fingerprint density at radius 3 is 2.15 bits per heavy atom. The minimum atomic E-state index is -0.740. The van der Waals surface area contributed by atoms with E-state index in [4.69, 9.17) is 10.5 Å². The summed E-state index contributed by atoms with van der Waals surface area (Å²) in [4.78, 5) is 26.5. The Morgan fingerprint density at radius 2 is 1.52 bits per heavy atom. The van der Waals surface area contributed by atoms with Crippen molar-refractivity contribution in [2.75, 3.05) is 7.11 Å². The Balaban J connectivity index is 1.62. The van der Waals surface area contributed by atoms with E-state index < -0.39 is 17.9 Å². The smallest absolute Gasteiger partial charge is 0.311 e. The van der Waals surface area contributed by atoms with Crippen molar-refractivity contribution in [1.29, 1.82) is 0 Å². The van der Waals surface area contributed by atoms with E-state index in [9.17, 15) is 15.0 Å². The highest BCUT2D eigenvalue weighted by molar-refractivity contribution is 6.00. The Hall–Kier alpha value is -4.97. The molecular formula is C34H32N3O3-.